The van der Waals surface area contributed by atoms with Gasteiger partial charge in [0.05, 0.1) is 0 Å². The highest BCUT2D eigenvalue weighted by Crippen LogP contribution is 2.13. The summed E-state index contributed by atoms with van der Waals surface area (Å²) in [5.74, 6) is -2.76. The van der Waals surface area contributed by atoms with E-state index in [0.717, 1.165) is 0 Å². The Balaban J connectivity index is 0.000000211. The average Bonchev–Trinajstić information content (AvgIpc) is 1.83. The molecule has 0 unspecified atom stereocenters. The van der Waals surface area contributed by atoms with Crippen LogP contribution >= 0.6 is 0 Å². The smallest absolute Gasteiger partial charge is 0.475 e. The van der Waals surface area contributed by atoms with Crippen molar-refractivity contribution < 1.29 is 23.1 Å². The van der Waals surface area contributed by atoms with Crippen LogP contribution in [0.4, 0.5) is 13.2 Å². The summed E-state index contributed by atoms with van der Waals surface area (Å²) in [6.45, 7) is 2.64. The molecule has 0 aromatic carbocycles. The van der Waals surface area contributed by atoms with Gasteiger partial charge >= 0.3 is 12.1 Å². The second kappa shape index (κ2) is 4.30. The van der Waals surface area contributed by atoms with Gasteiger partial charge in [0.2, 0.25) is 0 Å². The van der Waals surface area contributed by atoms with E-state index in [-0.39, 0.29) is 0 Å². The van der Waals surface area contributed by atoms with Gasteiger partial charge < -0.3 is 10.0 Å². The van der Waals surface area contributed by atoms with Crippen molar-refractivity contribution in [2.24, 2.45) is 0 Å². The molecular formula is C6H10F3NO2. The van der Waals surface area contributed by atoms with Gasteiger partial charge in [-0.3, -0.25) is 0 Å². The summed E-state index contributed by atoms with van der Waals surface area (Å²) in [7, 11) is 2.14. The number of likely N-dealkylation sites (tertiary alicyclic amines) is 1. The molecule has 0 spiro atoms. The van der Waals surface area contributed by atoms with E-state index in [1.165, 1.54) is 19.5 Å². The van der Waals surface area contributed by atoms with Crippen LogP contribution in [-0.4, -0.2) is 42.3 Å². The van der Waals surface area contributed by atoms with Crippen LogP contribution in [0.1, 0.15) is 6.42 Å². The molecule has 1 heterocycles. The Kier molecular flexibility index (Phi) is 4.02. The van der Waals surface area contributed by atoms with Gasteiger partial charge in [0.15, 0.2) is 0 Å². The lowest BCUT2D eigenvalue weighted by Gasteiger charge is -2.24. The number of carboxylic acid groups (broad SMARTS) is 1. The fourth-order valence-electron chi connectivity index (χ4n) is 0.474. The largest absolute Gasteiger partial charge is 0.490 e. The van der Waals surface area contributed by atoms with E-state index in [4.69, 9.17) is 9.90 Å². The number of hydrogen-bond donors (Lipinski definition) is 1. The molecule has 0 aliphatic carbocycles. The molecule has 1 saturated heterocycles. The minimum atomic E-state index is -5.08. The predicted octanol–water partition coefficient (Wildman–Crippen LogP) is 0.955. The first kappa shape index (κ1) is 11.2. The third-order valence-electron chi connectivity index (χ3n) is 1.32. The van der Waals surface area contributed by atoms with E-state index in [1.54, 1.807) is 0 Å². The first-order chi connectivity index (χ1) is 5.34. The molecule has 0 atom stereocenters. The molecule has 0 aromatic heterocycles. The zero-order valence-corrected chi connectivity index (χ0v) is 6.56. The Bertz CT molecular complexity index is 153. The molecule has 0 aromatic rings. The van der Waals surface area contributed by atoms with Gasteiger partial charge in [0.25, 0.3) is 0 Å². The zero-order valence-electron chi connectivity index (χ0n) is 6.56. The maximum absolute atomic E-state index is 10.6. The lowest BCUT2D eigenvalue weighted by atomic mass is 10.3. The van der Waals surface area contributed by atoms with Crippen molar-refractivity contribution in [3.8, 4) is 0 Å². The van der Waals surface area contributed by atoms with Crippen molar-refractivity contribution in [1.82, 2.24) is 4.90 Å². The van der Waals surface area contributed by atoms with Crippen LogP contribution in [0.3, 0.4) is 0 Å². The van der Waals surface area contributed by atoms with Crippen LogP contribution in [0.25, 0.3) is 0 Å². The van der Waals surface area contributed by atoms with Crippen molar-refractivity contribution >= 4 is 5.97 Å². The van der Waals surface area contributed by atoms with Gasteiger partial charge in [-0.05, 0) is 26.6 Å². The number of carboxylic acids is 1. The Hall–Kier alpha value is -0.780. The van der Waals surface area contributed by atoms with Crippen molar-refractivity contribution in [2.45, 2.75) is 12.6 Å². The SMILES string of the molecule is CN1CCC1.O=C(O)C(F)(F)F. The number of carbonyl (C=O) groups is 1. The summed E-state index contributed by atoms with van der Waals surface area (Å²) in [6.07, 6.45) is -3.67. The number of rotatable bonds is 0. The van der Waals surface area contributed by atoms with Crippen LogP contribution < -0.4 is 0 Å². The third kappa shape index (κ3) is 4.95. The minimum absolute atomic E-state index is 1.32. The number of hydrogen-bond acceptors (Lipinski definition) is 2. The molecule has 1 aliphatic rings. The van der Waals surface area contributed by atoms with Crippen molar-refractivity contribution in [3.05, 3.63) is 0 Å². The fraction of sp³-hybridized carbons (Fsp3) is 0.833. The second-order valence-corrected chi connectivity index (χ2v) is 2.46. The molecule has 0 saturated carbocycles. The van der Waals surface area contributed by atoms with E-state index >= 15 is 0 Å². The molecule has 0 radical (unpaired) electrons. The summed E-state index contributed by atoms with van der Waals surface area (Å²) >= 11 is 0. The highest BCUT2D eigenvalue weighted by atomic mass is 19.4. The van der Waals surface area contributed by atoms with Crippen molar-refractivity contribution in [1.29, 1.82) is 0 Å². The van der Waals surface area contributed by atoms with Crippen LogP contribution in [0, 0.1) is 0 Å². The quantitative estimate of drug-likeness (QED) is 0.611. The predicted molar refractivity (Wildman–Crippen MR) is 35.8 cm³/mol. The Morgan fingerprint density at radius 2 is 1.67 bits per heavy atom. The molecule has 12 heavy (non-hydrogen) atoms. The molecule has 1 N–H and O–H groups in total. The van der Waals surface area contributed by atoms with Crippen molar-refractivity contribution in [3.63, 3.8) is 0 Å². The first-order valence-corrected chi connectivity index (χ1v) is 3.32. The highest BCUT2D eigenvalue weighted by molar-refractivity contribution is 5.73. The van der Waals surface area contributed by atoms with Gasteiger partial charge in [-0.25, -0.2) is 4.79 Å². The summed E-state index contributed by atoms with van der Waals surface area (Å²) in [5, 5.41) is 7.12. The van der Waals surface area contributed by atoms with Gasteiger partial charge in [-0.2, -0.15) is 13.2 Å². The van der Waals surface area contributed by atoms with Gasteiger partial charge in [0, 0.05) is 0 Å². The summed E-state index contributed by atoms with van der Waals surface area (Å²) in [4.78, 5) is 11.2. The molecule has 72 valence electrons. The van der Waals surface area contributed by atoms with E-state index in [1.807, 2.05) is 0 Å². The molecule has 1 aliphatic heterocycles. The van der Waals surface area contributed by atoms with Gasteiger partial charge in [-0.15, -0.1) is 0 Å². The molecule has 0 amide bonds. The number of alkyl halides is 3. The van der Waals surface area contributed by atoms with Crippen LogP contribution in [0.5, 0.6) is 0 Å². The highest BCUT2D eigenvalue weighted by Gasteiger charge is 2.38. The zero-order chi connectivity index (χ0) is 9.78. The molecule has 0 bridgehead atoms. The number of aliphatic carboxylic acids is 1. The van der Waals surface area contributed by atoms with Gasteiger partial charge in [-0.1, -0.05) is 0 Å². The maximum Gasteiger partial charge on any atom is 0.490 e. The summed E-state index contributed by atoms with van der Waals surface area (Å²) < 4.78 is 31.7. The third-order valence-corrected chi connectivity index (χ3v) is 1.32. The van der Waals surface area contributed by atoms with E-state index in [9.17, 15) is 13.2 Å². The minimum Gasteiger partial charge on any atom is -0.475 e. The first-order valence-electron chi connectivity index (χ1n) is 3.32. The van der Waals surface area contributed by atoms with Crippen LogP contribution in [0.15, 0.2) is 0 Å². The standard InChI is InChI=1S/C4H9N.C2HF3O2/c1-5-3-2-4-5;3-2(4,5)1(6)7/h2-4H2,1H3;(H,6,7). The normalized spacial score (nSPS) is 17.3. The summed E-state index contributed by atoms with van der Waals surface area (Å²) in [5.41, 5.74) is 0. The van der Waals surface area contributed by atoms with E-state index in [0.29, 0.717) is 0 Å². The number of halogens is 3. The topological polar surface area (TPSA) is 40.5 Å². The monoisotopic (exact) mass is 185 g/mol. The fourth-order valence-corrected chi connectivity index (χ4v) is 0.474. The molecule has 1 rings (SSSR count). The molecule has 1 fully saturated rings. The van der Waals surface area contributed by atoms with E-state index < -0.39 is 12.1 Å². The lowest BCUT2D eigenvalue weighted by molar-refractivity contribution is -0.192. The van der Waals surface area contributed by atoms with Crippen LogP contribution in [0.2, 0.25) is 0 Å². The Morgan fingerprint density at radius 1 is 1.42 bits per heavy atom. The molecule has 3 nitrogen and oxygen atoms in total. The van der Waals surface area contributed by atoms with Crippen LogP contribution in [-0.2, 0) is 4.79 Å². The maximum atomic E-state index is 10.6. The lowest BCUT2D eigenvalue weighted by Crippen LogP contribution is -2.32. The second-order valence-electron chi connectivity index (χ2n) is 2.46. The Morgan fingerprint density at radius 3 is 1.67 bits per heavy atom. The average molecular weight is 185 g/mol. The Labute approximate surface area is 67.8 Å². The van der Waals surface area contributed by atoms with Crippen molar-refractivity contribution in [2.75, 3.05) is 20.1 Å². The van der Waals surface area contributed by atoms with Gasteiger partial charge in [0.1, 0.15) is 0 Å². The number of nitrogens with zero attached hydrogens (tertiary/aromatic N) is 1. The summed E-state index contributed by atoms with van der Waals surface area (Å²) in [6, 6.07) is 0. The molecule has 6 heteroatoms. The van der Waals surface area contributed by atoms with E-state index in [2.05, 4.69) is 11.9 Å². The molecular weight excluding hydrogens is 175 g/mol.